The van der Waals surface area contributed by atoms with Crippen LogP contribution in [0, 0.1) is 3.57 Å². The molecule has 0 saturated heterocycles. The van der Waals surface area contributed by atoms with Crippen molar-refractivity contribution in [2.24, 2.45) is 0 Å². The van der Waals surface area contributed by atoms with Crippen LogP contribution >= 0.6 is 22.6 Å². The van der Waals surface area contributed by atoms with E-state index in [1.807, 2.05) is 22.6 Å². The van der Waals surface area contributed by atoms with E-state index < -0.39 is 30.4 Å². The fourth-order valence-corrected chi connectivity index (χ4v) is 2.09. The van der Waals surface area contributed by atoms with Crippen LogP contribution in [0.25, 0.3) is 0 Å². The first-order valence-electron chi connectivity index (χ1n) is 6.21. The van der Waals surface area contributed by atoms with Crippen molar-refractivity contribution in [1.29, 1.82) is 0 Å². The minimum absolute atomic E-state index is 0.315. The van der Waals surface area contributed by atoms with Gasteiger partial charge in [-0.15, -0.1) is 0 Å². The zero-order chi connectivity index (χ0) is 18.0. The molecule has 0 atom stereocenters. The standard InChI is InChI=1S/C13H8F6IN3O/c14-12(15,16)6-24-10-7(13(17,18)19)5-21-11(23-10)22-9-4-2-1-3-8(9)20/h1-5H,6H2,(H,21,22,23). The number of anilines is 2. The summed E-state index contributed by atoms with van der Waals surface area (Å²) in [5, 5.41) is 2.63. The Bertz CT molecular complexity index is 720. The van der Waals surface area contributed by atoms with E-state index in [1.54, 1.807) is 24.3 Å². The summed E-state index contributed by atoms with van der Waals surface area (Å²) in [7, 11) is 0. The molecule has 0 amide bonds. The predicted molar refractivity (Wildman–Crippen MR) is 81.0 cm³/mol. The van der Waals surface area contributed by atoms with Crippen LogP contribution in [0.5, 0.6) is 5.88 Å². The number of nitrogens with one attached hydrogen (secondary N) is 1. The number of ether oxygens (including phenoxy) is 1. The molecule has 1 heterocycles. The molecule has 1 aromatic carbocycles. The largest absolute Gasteiger partial charge is 0.467 e. The zero-order valence-corrected chi connectivity index (χ0v) is 13.7. The highest BCUT2D eigenvalue weighted by Crippen LogP contribution is 2.36. The maximum absolute atomic E-state index is 12.8. The first-order chi connectivity index (χ1) is 11.1. The quantitative estimate of drug-likeness (QED) is 0.524. The summed E-state index contributed by atoms with van der Waals surface area (Å²) >= 11 is 1.96. The van der Waals surface area contributed by atoms with Crippen LogP contribution in [-0.2, 0) is 6.18 Å². The Morgan fingerprint density at radius 1 is 1.08 bits per heavy atom. The van der Waals surface area contributed by atoms with E-state index in [1.165, 1.54) is 0 Å². The van der Waals surface area contributed by atoms with Crippen LogP contribution in [-0.4, -0.2) is 22.8 Å². The fraction of sp³-hybridized carbons (Fsp3) is 0.231. The van der Waals surface area contributed by atoms with Gasteiger partial charge < -0.3 is 10.1 Å². The molecular formula is C13H8F6IN3O. The highest BCUT2D eigenvalue weighted by Gasteiger charge is 2.38. The highest BCUT2D eigenvalue weighted by atomic mass is 127. The number of hydrogen-bond donors (Lipinski definition) is 1. The molecule has 0 aliphatic carbocycles. The summed E-state index contributed by atoms with van der Waals surface area (Å²) in [6.07, 6.45) is -9.37. The number of para-hydroxylation sites is 1. The molecule has 0 aliphatic rings. The van der Waals surface area contributed by atoms with Crippen LogP contribution in [0.15, 0.2) is 30.5 Å². The Balaban J connectivity index is 2.33. The van der Waals surface area contributed by atoms with E-state index in [0.29, 0.717) is 11.9 Å². The second-order valence-corrected chi connectivity index (χ2v) is 5.58. The predicted octanol–water partition coefficient (Wildman–Crippen LogP) is 4.78. The number of hydrogen-bond acceptors (Lipinski definition) is 4. The summed E-state index contributed by atoms with van der Waals surface area (Å²) < 4.78 is 80.0. The average Bonchev–Trinajstić information content (AvgIpc) is 2.46. The van der Waals surface area contributed by atoms with Crippen molar-refractivity contribution in [1.82, 2.24) is 9.97 Å². The van der Waals surface area contributed by atoms with Crippen molar-refractivity contribution in [2.45, 2.75) is 12.4 Å². The maximum atomic E-state index is 12.8. The number of alkyl halides is 6. The zero-order valence-electron chi connectivity index (χ0n) is 11.5. The SMILES string of the molecule is FC(F)(F)COc1nc(Nc2ccccc2I)ncc1C(F)(F)F. The molecule has 0 radical (unpaired) electrons. The summed E-state index contributed by atoms with van der Waals surface area (Å²) in [6, 6.07) is 6.72. The Hall–Kier alpha value is -1.79. The van der Waals surface area contributed by atoms with Gasteiger partial charge in [-0.3, -0.25) is 0 Å². The number of halogens is 7. The molecule has 1 aromatic heterocycles. The van der Waals surface area contributed by atoms with Crippen molar-refractivity contribution < 1.29 is 31.1 Å². The fourth-order valence-electron chi connectivity index (χ4n) is 1.56. The highest BCUT2D eigenvalue weighted by molar-refractivity contribution is 14.1. The van der Waals surface area contributed by atoms with Gasteiger partial charge in [0.05, 0.1) is 5.69 Å². The molecule has 1 N–H and O–H groups in total. The van der Waals surface area contributed by atoms with Gasteiger partial charge in [-0.05, 0) is 34.7 Å². The molecule has 24 heavy (non-hydrogen) atoms. The van der Waals surface area contributed by atoms with Crippen LogP contribution in [0.3, 0.4) is 0 Å². The number of benzene rings is 1. The Morgan fingerprint density at radius 3 is 2.33 bits per heavy atom. The molecule has 2 rings (SSSR count). The van der Waals surface area contributed by atoms with Crippen LogP contribution in [0.4, 0.5) is 38.0 Å². The third-order valence-corrected chi connectivity index (χ3v) is 3.49. The normalized spacial score (nSPS) is 12.1. The van der Waals surface area contributed by atoms with Gasteiger partial charge in [0.15, 0.2) is 6.61 Å². The number of rotatable bonds is 4. The number of aromatic nitrogens is 2. The van der Waals surface area contributed by atoms with E-state index in [0.717, 1.165) is 3.57 Å². The molecule has 0 spiro atoms. The maximum Gasteiger partial charge on any atom is 0.423 e. The lowest BCUT2D eigenvalue weighted by Gasteiger charge is -2.15. The van der Waals surface area contributed by atoms with E-state index in [4.69, 9.17) is 0 Å². The van der Waals surface area contributed by atoms with Gasteiger partial charge in [0, 0.05) is 9.77 Å². The van der Waals surface area contributed by atoms with E-state index >= 15 is 0 Å². The Kier molecular flexibility index (Phi) is 5.40. The topological polar surface area (TPSA) is 47.0 Å². The molecule has 0 fully saturated rings. The molecule has 0 saturated carbocycles. The average molecular weight is 463 g/mol. The lowest BCUT2D eigenvalue weighted by atomic mass is 10.3. The van der Waals surface area contributed by atoms with E-state index in [-0.39, 0.29) is 5.95 Å². The van der Waals surface area contributed by atoms with Crippen LogP contribution in [0.2, 0.25) is 0 Å². The second-order valence-electron chi connectivity index (χ2n) is 4.42. The molecule has 0 unspecified atom stereocenters. The van der Waals surface area contributed by atoms with Crippen molar-refractivity contribution >= 4 is 34.2 Å². The minimum atomic E-state index is -4.94. The van der Waals surface area contributed by atoms with Gasteiger partial charge in [-0.25, -0.2) is 4.98 Å². The molecular weight excluding hydrogens is 455 g/mol. The van der Waals surface area contributed by atoms with Crippen molar-refractivity contribution in [3.63, 3.8) is 0 Å². The monoisotopic (exact) mass is 463 g/mol. The summed E-state index contributed by atoms with van der Waals surface area (Å²) in [4.78, 5) is 6.89. The van der Waals surface area contributed by atoms with Gasteiger partial charge in [0.1, 0.15) is 5.56 Å². The third-order valence-electron chi connectivity index (χ3n) is 2.55. The summed E-state index contributed by atoms with van der Waals surface area (Å²) in [5.74, 6) is -1.51. The third kappa shape index (κ3) is 5.11. The van der Waals surface area contributed by atoms with Gasteiger partial charge in [-0.1, -0.05) is 12.1 Å². The van der Waals surface area contributed by atoms with Gasteiger partial charge >= 0.3 is 12.4 Å². The Morgan fingerprint density at radius 2 is 1.75 bits per heavy atom. The molecule has 4 nitrogen and oxygen atoms in total. The lowest BCUT2D eigenvalue weighted by molar-refractivity contribution is -0.159. The lowest BCUT2D eigenvalue weighted by Crippen LogP contribution is -2.22. The summed E-state index contributed by atoms with van der Waals surface area (Å²) in [6.45, 7) is -1.89. The first-order valence-corrected chi connectivity index (χ1v) is 7.29. The molecule has 0 aliphatic heterocycles. The van der Waals surface area contributed by atoms with Gasteiger partial charge in [-0.2, -0.15) is 31.3 Å². The molecule has 0 bridgehead atoms. The van der Waals surface area contributed by atoms with E-state index in [9.17, 15) is 26.3 Å². The minimum Gasteiger partial charge on any atom is -0.467 e. The van der Waals surface area contributed by atoms with Crippen molar-refractivity contribution in [3.05, 3.63) is 39.6 Å². The smallest absolute Gasteiger partial charge is 0.423 e. The van der Waals surface area contributed by atoms with Crippen molar-refractivity contribution in [2.75, 3.05) is 11.9 Å². The van der Waals surface area contributed by atoms with Gasteiger partial charge in [0.2, 0.25) is 11.8 Å². The summed E-state index contributed by atoms with van der Waals surface area (Å²) in [5.41, 5.74) is -1.00. The van der Waals surface area contributed by atoms with E-state index in [2.05, 4.69) is 20.0 Å². The molecule has 11 heteroatoms. The van der Waals surface area contributed by atoms with Crippen LogP contribution < -0.4 is 10.1 Å². The first kappa shape index (κ1) is 18.5. The van der Waals surface area contributed by atoms with Gasteiger partial charge in [0.25, 0.3) is 0 Å². The molecule has 2 aromatic rings. The van der Waals surface area contributed by atoms with Crippen molar-refractivity contribution in [3.8, 4) is 5.88 Å². The second kappa shape index (κ2) is 6.99. The van der Waals surface area contributed by atoms with Crippen LogP contribution in [0.1, 0.15) is 5.56 Å². The number of nitrogens with zero attached hydrogens (tertiary/aromatic N) is 2. The molecule has 130 valence electrons. The Labute approximate surface area is 145 Å².